The zero-order valence-corrected chi connectivity index (χ0v) is 12.6. The van der Waals surface area contributed by atoms with Gasteiger partial charge in [-0.2, -0.15) is 15.5 Å². The molecular weight excluding hydrogens is 286 g/mol. The minimum Gasteiger partial charge on any atom is -0.492 e. The molecule has 3 rings (SSSR count). The van der Waals surface area contributed by atoms with Crippen molar-refractivity contribution in [2.45, 2.75) is 12.8 Å². The molecular formula is C19H15N3O. The lowest BCUT2D eigenvalue weighted by Gasteiger charge is -2.26. The SMILES string of the molecule is N#CN=C1c2ccccc2OCC1CCc1cccc(C#N)c1. The molecule has 1 unspecified atom stereocenters. The van der Waals surface area contributed by atoms with Gasteiger partial charge in [-0.25, -0.2) is 0 Å². The van der Waals surface area contributed by atoms with Gasteiger partial charge in [0.1, 0.15) is 5.75 Å². The first kappa shape index (κ1) is 14.8. The van der Waals surface area contributed by atoms with E-state index in [1.807, 2.05) is 48.7 Å². The molecule has 0 N–H and O–H groups in total. The van der Waals surface area contributed by atoms with E-state index in [9.17, 15) is 0 Å². The fourth-order valence-corrected chi connectivity index (χ4v) is 2.86. The molecule has 0 saturated heterocycles. The lowest BCUT2D eigenvalue weighted by atomic mass is 9.89. The Balaban J connectivity index is 1.79. The number of fused-ring (bicyclic) bond motifs is 1. The molecule has 1 atom stereocenters. The maximum absolute atomic E-state index is 9.00. The van der Waals surface area contributed by atoms with E-state index in [1.54, 1.807) is 6.07 Å². The van der Waals surface area contributed by atoms with Crippen LogP contribution in [0, 0.1) is 28.7 Å². The van der Waals surface area contributed by atoms with Crippen molar-refractivity contribution >= 4 is 5.71 Å². The summed E-state index contributed by atoms with van der Waals surface area (Å²) in [6.45, 7) is 0.523. The third-order valence-corrected chi connectivity index (χ3v) is 4.00. The lowest BCUT2D eigenvalue weighted by molar-refractivity contribution is 0.267. The van der Waals surface area contributed by atoms with E-state index >= 15 is 0 Å². The second-order valence-corrected chi connectivity index (χ2v) is 5.45. The Hall–Kier alpha value is -3.11. The third-order valence-electron chi connectivity index (χ3n) is 4.00. The molecule has 23 heavy (non-hydrogen) atoms. The molecule has 2 aromatic rings. The third kappa shape index (κ3) is 3.22. The van der Waals surface area contributed by atoms with Crippen LogP contribution in [-0.4, -0.2) is 12.3 Å². The predicted molar refractivity (Wildman–Crippen MR) is 87.1 cm³/mol. The molecule has 0 amide bonds. The van der Waals surface area contributed by atoms with E-state index in [-0.39, 0.29) is 5.92 Å². The highest BCUT2D eigenvalue weighted by atomic mass is 16.5. The average Bonchev–Trinajstić information content (AvgIpc) is 2.61. The van der Waals surface area contributed by atoms with Gasteiger partial charge < -0.3 is 4.74 Å². The fourth-order valence-electron chi connectivity index (χ4n) is 2.86. The number of para-hydroxylation sites is 1. The number of nitrogens with zero attached hydrogens (tertiary/aromatic N) is 3. The molecule has 0 saturated carbocycles. The van der Waals surface area contributed by atoms with E-state index in [2.05, 4.69) is 11.1 Å². The second kappa shape index (κ2) is 6.77. The number of hydrogen-bond donors (Lipinski definition) is 0. The van der Waals surface area contributed by atoms with Crippen molar-refractivity contribution in [3.8, 4) is 18.0 Å². The van der Waals surface area contributed by atoms with Gasteiger partial charge in [-0.05, 0) is 42.7 Å². The molecule has 4 nitrogen and oxygen atoms in total. The monoisotopic (exact) mass is 301 g/mol. The van der Waals surface area contributed by atoms with Crippen molar-refractivity contribution in [1.82, 2.24) is 0 Å². The summed E-state index contributed by atoms with van der Waals surface area (Å²) < 4.78 is 5.80. The predicted octanol–water partition coefficient (Wildman–Crippen LogP) is 3.47. The first-order valence-electron chi connectivity index (χ1n) is 7.49. The van der Waals surface area contributed by atoms with Gasteiger partial charge in [0.25, 0.3) is 0 Å². The maximum Gasteiger partial charge on any atom is 0.205 e. The van der Waals surface area contributed by atoms with Crippen molar-refractivity contribution in [1.29, 1.82) is 10.5 Å². The zero-order chi connectivity index (χ0) is 16.1. The van der Waals surface area contributed by atoms with Gasteiger partial charge in [0.2, 0.25) is 6.19 Å². The lowest BCUT2D eigenvalue weighted by Crippen LogP contribution is -2.29. The maximum atomic E-state index is 9.00. The van der Waals surface area contributed by atoms with Crippen LogP contribution < -0.4 is 4.74 Å². The molecule has 0 aliphatic carbocycles. The van der Waals surface area contributed by atoms with Crippen molar-refractivity contribution in [2.24, 2.45) is 10.9 Å². The van der Waals surface area contributed by atoms with Gasteiger partial charge in [0, 0.05) is 11.5 Å². The van der Waals surface area contributed by atoms with Gasteiger partial charge in [0.05, 0.1) is 24.0 Å². The zero-order valence-electron chi connectivity index (χ0n) is 12.6. The summed E-state index contributed by atoms with van der Waals surface area (Å²) >= 11 is 0. The van der Waals surface area contributed by atoms with Gasteiger partial charge in [0.15, 0.2) is 0 Å². The smallest absolute Gasteiger partial charge is 0.205 e. The molecule has 1 aliphatic rings. The van der Waals surface area contributed by atoms with Crippen LogP contribution in [-0.2, 0) is 6.42 Å². The minimum atomic E-state index is 0.0790. The minimum absolute atomic E-state index is 0.0790. The highest BCUT2D eigenvalue weighted by Crippen LogP contribution is 2.29. The van der Waals surface area contributed by atoms with E-state index < -0.39 is 0 Å². The summed E-state index contributed by atoms with van der Waals surface area (Å²) in [5.74, 6) is 0.861. The summed E-state index contributed by atoms with van der Waals surface area (Å²) in [6, 6.07) is 17.4. The molecule has 0 spiro atoms. The number of ether oxygens (including phenoxy) is 1. The van der Waals surface area contributed by atoms with Gasteiger partial charge in [-0.15, -0.1) is 0 Å². The van der Waals surface area contributed by atoms with Crippen LogP contribution in [0.3, 0.4) is 0 Å². The van der Waals surface area contributed by atoms with Crippen LogP contribution in [0.2, 0.25) is 0 Å². The molecule has 1 heterocycles. The Labute approximate surface area is 135 Å². The first-order chi connectivity index (χ1) is 11.3. The highest BCUT2D eigenvalue weighted by molar-refractivity contribution is 6.05. The average molecular weight is 301 g/mol. The van der Waals surface area contributed by atoms with Crippen LogP contribution in [0.15, 0.2) is 53.5 Å². The number of nitriles is 2. The number of rotatable bonds is 3. The topological polar surface area (TPSA) is 69.2 Å². The summed E-state index contributed by atoms with van der Waals surface area (Å²) in [5.41, 5.74) is 3.47. The van der Waals surface area contributed by atoms with E-state index in [4.69, 9.17) is 15.3 Å². The Morgan fingerprint density at radius 3 is 2.83 bits per heavy atom. The Morgan fingerprint density at radius 1 is 1.13 bits per heavy atom. The van der Waals surface area contributed by atoms with Crippen molar-refractivity contribution in [3.05, 3.63) is 65.2 Å². The van der Waals surface area contributed by atoms with E-state index in [0.29, 0.717) is 12.2 Å². The van der Waals surface area contributed by atoms with Crippen LogP contribution in [0.1, 0.15) is 23.1 Å². The van der Waals surface area contributed by atoms with Crippen molar-refractivity contribution in [2.75, 3.05) is 6.61 Å². The van der Waals surface area contributed by atoms with Crippen LogP contribution in [0.5, 0.6) is 5.75 Å². The number of hydrogen-bond acceptors (Lipinski definition) is 4. The van der Waals surface area contributed by atoms with E-state index in [1.165, 1.54) is 0 Å². The summed E-state index contributed by atoms with van der Waals surface area (Å²) in [7, 11) is 0. The van der Waals surface area contributed by atoms with Gasteiger partial charge >= 0.3 is 0 Å². The summed E-state index contributed by atoms with van der Waals surface area (Å²) in [6.07, 6.45) is 3.55. The number of aryl methyl sites for hydroxylation is 1. The van der Waals surface area contributed by atoms with Crippen molar-refractivity contribution in [3.63, 3.8) is 0 Å². The standard InChI is InChI=1S/C19H15N3O/c20-11-15-5-3-4-14(10-15)8-9-16-12-23-18-7-2-1-6-17(18)19(16)22-13-21/h1-7,10,16H,8-9,12H2. The molecule has 0 aromatic heterocycles. The molecule has 2 aromatic carbocycles. The summed E-state index contributed by atoms with van der Waals surface area (Å²) in [4.78, 5) is 4.04. The van der Waals surface area contributed by atoms with Crippen LogP contribution in [0.4, 0.5) is 0 Å². The number of aliphatic imine (C=N–C) groups is 1. The van der Waals surface area contributed by atoms with Crippen LogP contribution in [0.25, 0.3) is 0 Å². The van der Waals surface area contributed by atoms with Crippen LogP contribution >= 0.6 is 0 Å². The Morgan fingerprint density at radius 2 is 2.00 bits per heavy atom. The Kier molecular flexibility index (Phi) is 4.36. The Bertz CT molecular complexity index is 827. The van der Waals surface area contributed by atoms with Gasteiger partial charge in [-0.3, -0.25) is 0 Å². The van der Waals surface area contributed by atoms with E-state index in [0.717, 1.165) is 35.4 Å². The summed E-state index contributed by atoms with van der Waals surface area (Å²) in [5, 5.41) is 18.0. The number of benzene rings is 2. The normalized spacial score (nSPS) is 17.7. The molecule has 0 radical (unpaired) electrons. The quantitative estimate of drug-likeness (QED) is 0.815. The molecule has 4 heteroatoms. The van der Waals surface area contributed by atoms with Crippen molar-refractivity contribution < 1.29 is 4.74 Å². The van der Waals surface area contributed by atoms with Gasteiger partial charge in [-0.1, -0.05) is 24.3 Å². The highest BCUT2D eigenvalue weighted by Gasteiger charge is 2.26. The molecule has 1 aliphatic heterocycles. The molecule has 0 fully saturated rings. The first-order valence-corrected chi connectivity index (χ1v) is 7.49. The molecule has 112 valence electrons. The largest absolute Gasteiger partial charge is 0.492 e. The second-order valence-electron chi connectivity index (χ2n) is 5.45. The molecule has 0 bridgehead atoms. The fraction of sp³-hybridized carbons (Fsp3) is 0.211.